The van der Waals surface area contributed by atoms with Crippen molar-refractivity contribution in [2.75, 3.05) is 27.3 Å². The van der Waals surface area contributed by atoms with E-state index in [0.717, 1.165) is 0 Å². The molecule has 0 atom stereocenters. The van der Waals surface area contributed by atoms with Crippen molar-refractivity contribution in [2.45, 2.75) is 6.42 Å². The molecule has 7 heteroatoms. The minimum absolute atomic E-state index is 0.162. The van der Waals surface area contributed by atoms with Crippen molar-refractivity contribution in [1.29, 1.82) is 5.26 Å². The first-order chi connectivity index (χ1) is 11.2. The van der Waals surface area contributed by atoms with Crippen molar-refractivity contribution < 1.29 is 19.1 Å². The van der Waals surface area contributed by atoms with E-state index in [-0.39, 0.29) is 12.3 Å². The van der Waals surface area contributed by atoms with Crippen LogP contribution in [0, 0.1) is 11.3 Å². The molecule has 0 N–H and O–H groups in total. The summed E-state index contributed by atoms with van der Waals surface area (Å²) in [6.07, 6.45) is 2.02. The first-order valence-electron chi connectivity index (χ1n) is 6.99. The van der Waals surface area contributed by atoms with Crippen LogP contribution in [0.2, 0.25) is 0 Å². The van der Waals surface area contributed by atoms with Gasteiger partial charge >= 0.3 is 6.09 Å². The third-order valence-electron chi connectivity index (χ3n) is 3.27. The lowest BCUT2D eigenvalue weighted by atomic mass is 10.1. The molecule has 1 aliphatic heterocycles. The number of nitriles is 1. The highest BCUT2D eigenvalue weighted by Gasteiger charge is 2.22. The predicted octanol–water partition coefficient (Wildman–Crippen LogP) is 2.35. The van der Waals surface area contributed by atoms with Crippen LogP contribution in [0.5, 0.6) is 11.5 Å². The Labute approximate surface area is 134 Å². The number of hydrogen-bond donors (Lipinski definition) is 0. The second kappa shape index (κ2) is 7.84. The summed E-state index contributed by atoms with van der Waals surface area (Å²) in [7, 11) is 2.94. The molecule has 1 aromatic rings. The molecule has 0 saturated heterocycles. The second-order valence-corrected chi connectivity index (χ2v) is 4.72. The maximum Gasteiger partial charge on any atom is 0.415 e. The fraction of sp³-hybridized carbons (Fsp3) is 0.312. The molecule has 0 spiro atoms. The van der Waals surface area contributed by atoms with Crippen LogP contribution >= 0.6 is 0 Å². The van der Waals surface area contributed by atoms with E-state index in [1.165, 1.54) is 12.0 Å². The summed E-state index contributed by atoms with van der Waals surface area (Å²) in [5.41, 5.74) is 0.807. The van der Waals surface area contributed by atoms with Gasteiger partial charge in [0.1, 0.15) is 24.7 Å². The largest absolute Gasteiger partial charge is 0.497 e. The Bertz CT molecular complexity index is 659. The number of ether oxygens (including phenoxy) is 2. The van der Waals surface area contributed by atoms with Crippen molar-refractivity contribution in [3.8, 4) is 17.6 Å². The van der Waals surface area contributed by atoms with Crippen LogP contribution in [0.1, 0.15) is 6.42 Å². The van der Waals surface area contributed by atoms with E-state index in [1.807, 2.05) is 12.1 Å². The number of amides is 1. The molecule has 2 rings (SSSR count). The number of nitrogens with zero attached hydrogens (tertiary/aromatic N) is 3. The molecule has 1 aliphatic rings. The summed E-state index contributed by atoms with van der Waals surface area (Å²) in [5.74, 6) is 1.11. The topological polar surface area (TPSA) is 84.2 Å². The van der Waals surface area contributed by atoms with E-state index in [0.29, 0.717) is 30.0 Å². The Balaban J connectivity index is 2.01. The van der Waals surface area contributed by atoms with Gasteiger partial charge in [0.05, 0.1) is 13.7 Å². The normalized spacial score (nSPS) is 14.6. The summed E-state index contributed by atoms with van der Waals surface area (Å²) in [4.78, 5) is 18.4. The Kier molecular flexibility index (Phi) is 5.58. The first-order valence-corrected chi connectivity index (χ1v) is 6.99. The number of carbonyl (C=O) groups excluding carboxylic acids is 1. The third kappa shape index (κ3) is 4.23. The lowest BCUT2D eigenvalue weighted by Gasteiger charge is -2.25. The zero-order valence-electron chi connectivity index (χ0n) is 13.0. The highest BCUT2D eigenvalue weighted by Crippen LogP contribution is 2.19. The van der Waals surface area contributed by atoms with Gasteiger partial charge in [0.25, 0.3) is 0 Å². The van der Waals surface area contributed by atoms with Gasteiger partial charge in [-0.25, -0.2) is 4.79 Å². The minimum atomic E-state index is -0.476. The quantitative estimate of drug-likeness (QED) is 0.629. The van der Waals surface area contributed by atoms with Gasteiger partial charge in [-0.2, -0.15) is 5.26 Å². The maximum atomic E-state index is 12.2. The minimum Gasteiger partial charge on any atom is -0.497 e. The number of carbonyl (C=O) groups is 1. The Hall–Kier alpha value is -3.01. The smallest absolute Gasteiger partial charge is 0.415 e. The maximum absolute atomic E-state index is 12.2. The molecule has 0 fully saturated rings. The van der Waals surface area contributed by atoms with Crippen molar-refractivity contribution in [3.63, 3.8) is 0 Å². The van der Waals surface area contributed by atoms with E-state index in [9.17, 15) is 4.79 Å². The van der Waals surface area contributed by atoms with Crippen LogP contribution in [0.4, 0.5) is 4.79 Å². The molecular weight excluding hydrogens is 298 g/mol. The summed E-state index contributed by atoms with van der Waals surface area (Å²) in [6.45, 7) is 0.773. The number of benzene rings is 1. The lowest BCUT2D eigenvalue weighted by molar-refractivity contribution is 0.155. The third-order valence-corrected chi connectivity index (χ3v) is 3.27. The fourth-order valence-corrected chi connectivity index (χ4v) is 2.12. The second-order valence-electron chi connectivity index (χ2n) is 4.72. The van der Waals surface area contributed by atoms with Gasteiger partial charge in [0, 0.05) is 12.1 Å². The van der Waals surface area contributed by atoms with Crippen molar-refractivity contribution >= 4 is 11.8 Å². The summed E-state index contributed by atoms with van der Waals surface area (Å²) in [6, 6.07) is 8.70. The zero-order valence-corrected chi connectivity index (χ0v) is 13.0. The summed E-state index contributed by atoms with van der Waals surface area (Å²) in [5, 5.41) is 12.7. The van der Waals surface area contributed by atoms with Crippen molar-refractivity contribution in [2.24, 2.45) is 5.16 Å². The molecule has 1 amide bonds. The lowest BCUT2D eigenvalue weighted by Crippen LogP contribution is -2.39. The molecule has 7 nitrogen and oxygen atoms in total. The van der Waals surface area contributed by atoms with Crippen LogP contribution < -0.4 is 9.47 Å². The van der Waals surface area contributed by atoms with Crippen LogP contribution in [-0.4, -0.2) is 44.0 Å². The van der Waals surface area contributed by atoms with Crippen LogP contribution in [-0.2, 0) is 4.84 Å². The standard InChI is InChI=1S/C16H17N3O4/c1-21-13-5-7-14(8-6-13)23-16(20)19-9-3-4-12(11-19)15(10-17)18-22-2/h4-8H,3,9,11H2,1-2H3/b18-15-. The molecule has 0 saturated carbocycles. The molecule has 1 heterocycles. The monoisotopic (exact) mass is 315 g/mol. The molecule has 23 heavy (non-hydrogen) atoms. The van der Waals surface area contributed by atoms with Gasteiger partial charge in [-0.05, 0) is 30.7 Å². The zero-order chi connectivity index (χ0) is 16.7. The Morgan fingerprint density at radius 2 is 1.96 bits per heavy atom. The summed E-state index contributed by atoms with van der Waals surface area (Å²) >= 11 is 0. The average Bonchev–Trinajstić information content (AvgIpc) is 2.60. The van der Waals surface area contributed by atoms with Crippen molar-refractivity contribution in [3.05, 3.63) is 35.9 Å². The summed E-state index contributed by atoms with van der Waals surface area (Å²) < 4.78 is 10.4. The number of hydrogen-bond acceptors (Lipinski definition) is 6. The number of methoxy groups -OCH3 is 1. The van der Waals surface area contributed by atoms with Crippen molar-refractivity contribution in [1.82, 2.24) is 4.90 Å². The number of rotatable bonds is 4. The van der Waals surface area contributed by atoms with Gasteiger partial charge in [0.2, 0.25) is 0 Å². The van der Waals surface area contributed by atoms with Gasteiger partial charge in [-0.1, -0.05) is 11.2 Å². The molecule has 120 valence electrons. The van der Waals surface area contributed by atoms with Crippen LogP contribution in [0.3, 0.4) is 0 Å². The molecule has 0 aromatic heterocycles. The highest BCUT2D eigenvalue weighted by atomic mass is 16.6. The molecule has 0 unspecified atom stereocenters. The predicted molar refractivity (Wildman–Crippen MR) is 83.3 cm³/mol. The first kappa shape index (κ1) is 16.4. The van der Waals surface area contributed by atoms with E-state index in [1.54, 1.807) is 31.4 Å². The molecule has 1 aromatic carbocycles. The van der Waals surface area contributed by atoms with Crippen LogP contribution in [0.15, 0.2) is 41.1 Å². The van der Waals surface area contributed by atoms with E-state index >= 15 is 0 Å². The average molecular weight is 315 g/mol. The molecule has 0 aliphatic carbocycles. The van der Waals surface area contributed by atoms with E-state index in [4.69, 9.17) is 14.7 Å². The Morgan fingerprint density at radius 1 is 1.26 bits per heavy atom. The van der Waals surface area contributed by atoms with Gasteiger partial charge < -0.3 is 19.2 Å². The van der Waals surface area contributed by atoms with Gasteiger partial charge in [-0.15, -0.1) is 0 Å². The van der Waals surface area contributed by atoms with Gasteiger partial charge in [0.15, 0.2) is 5.71 Å². The van der Waals surface area contributed by atoms with Gasteiger partial charge in [-0.3, -0.25) is 0 Å². The van der Waals surface area contributed by atoms with Crippen LogP contribution in [0.25, 0.3) is 0 Å². The van der Waals surface area contributed by atoms with E-state index in [2.05, 4.69) is 9.99 Å². The molecule has 0 radical (unpaired) electrons. The SMILES string of the molecule is CO/N=C(/C#N)C1=CCCN(C(=O)Oc2ccc(OC)cc2)C1. The highest BCUT2D eigenvalue weighted by molar-refractivity contribution is 6.11. The number of oxime groups is 1. The molecule has 0 bridgehead atoms. The molecular formula is C16H17N3O4. The van der Waals surface area contributed by atoms with E-state index < -0.39 is 6.09 Å². The fourth-order valence-electron chi connectivity index (χ4n) is 2.12. The Morgan fingerprint density at radius 3 is 2.57 bits per heavy atom.